The number of likely N-dealkylation sites (N-methyl/N-ethyl adjacent to an activating group) is 1. The monoisotopic (exact) mass is 558 g/mol. The Labute approximate surface area is 202 Å². The molecule has 32 heavy (non-hydrogen) atoms. The second kappa shape index (κ2) is 11.7. The van der Waals surface area contributed by atoms with Crippen molar-refractivity contribution >= 4 is 34.6 Å². The molecule has 1 aromatic heterocycles. The van der Waals surface area contributed by atoms with E-state index >= 15 is 0 Å². The first kappa shape index (κ1) is 26.2. The van der Waals surface area contributed by atoms with Crippen LogP contribution in [-0.4, -0.2) is 57.0 Å². The SMILES string of the molecule is CCC(CCO)C(=O)C1C(C=NCc2cc(C)c(OCC(C)(F)I)cn2)=C(N)C=CN1C. The highest BCUT2D eigenvalue weighted by Crippen LogP contribution is 2.25. The fourth-order valence-electron chi connectivity index (χ4n) is 3.46. The number of aliphatic hydroxyl groups excluding tert-OH is 1. The van der Waals surface area contributed by atoms with E-state index in [1.165, 1.54) is 6.92 Å². The number of allylic oxidation sites excluding steroid dienone is 1. The zero-order valence-corrected chi connectivity index (χ0v) is 21.2. The van der Waals surface area contributed by atoms with Crippen LogP contribution in [0, 0.1) is 12.8 Å². The number of nitrogens with two attached hydrogens (primary N) is 1. The van der Waals surface area contributed by atoms with E-state index in [1.54, 1.807) is 47.3 Å². The minimum atomic E-state index is -1.45. The van der Waals surface area contributed by atoms with Gasteiger partial charge in [-0.2, -0.15) is 0 Å². The molecule has 0 bridgehead atoms. The third kappa shape index (κ3) is 7.26. The van der Waals surface area contributed by atoms with E-state index in [2.05, 4.69) is 9.98 Å². The molecule has 7 nitrogen and oxygen atoms in total. The predicted molar refractivity (Wildman–Crippen MR) is 133 cm³/mol. The topological polar surface area (TPSA) is 101 Å². The van der Waals surface area contributed by atoms with Gasteiger partial charge >= 0.3 is 0 Å². The highest BCUT2D eigenvalue weighted by Gasteiger charge is 2.32. The molecule has 0 fully saturated rings. The zero-order valence-electron chi connectivity index (χ0n) is 19.0. The van der Waals surface area contributed by atoms with Gasteiger partial charge < -0.3 is 20.5 Å². The first-order valence-electron chi connectivity index (χ1n) is 10.6. The molecular formula is C23H32FIN4O3. The Balaban J connectivity index is 2.15. The Morgan fingerprint density at radius 3 is 2.88 bits per heavy atom. The summed E-state index contributed by atoms with van der Waals surface area (Å²) in [5.74, 6) is 0.300. The lowest BCUT2D eigenvalue weighted by Crippen LogP contribution is -2.43. The minimum Gasteiger partial charge on any atom is -0.488 e. The van der Waals surface area contributed by atoms with Crippen LogP contribution < -0.4 is 10.5 Å². The van der Waals surface area contributed by atoms with E-state index in [0.717, 1.165) is 11.3 Å². The second-order valence-corrected chi connectivity index (χ2v) is 10.3. The van der Waals surface area contributed by atoms with Crippen LogP contribution in [0.4, 0.5) is 4.39 Å². The number of carbonyl (C=O) groups is 1. The molecular weight excluding hydrogens is 526 g/mol. The number of rotatable bonds is 11. The molecule has 3 N–H and O–H groups in total. The average molecular weight is 558 g/mol. The summed E-state index contributed by atoms with van der Waals surface area (Å²) in [6, 6.07) is 1.30. The quantitative estimate of drug-likeness (QED) is 0.245. The zero-order chi connectivity index (χ0) is 23.9. The highest BCUT2D eigenvalue weighted by atomic mass is 127. The van der Waals surface area contributed by atoms with Gasteiger partial charge in [0.1, 0.15) is 18.4 Å². The van der Waals surface area contributed by atoms with Gasteiger partial charge in [-0.25, -0.2) is 4.39 Å². The number of Topliss-reactive ketones (excluding diaryl/α,β-unsaturated/α-hetero) is 1. The molecule has 0 amide bonds. The molecule has 0 spiro atoms. The maximum absolute atomic E-state index is 13.7. The molecule has 0 aromatic carbocycles. The summed E-state index contributed by atoms with van der Waals surface area (Å²) in [6.07, 6.45) is 7.80. The Kier molecular flexibility index (Phi) is 9.63. The fraction of sp³-hybridized carbons (Fsp3) is 0.522. The number of aromatic nitrogens is 1. The van der Waals surface area contributed by atoms with Gasteiger partial charge in [-0.3, -0.25) is 14.8 Å². The third-order valence-electron chi connectivity index (χ3n) is 5.25. The number of alkyl halides is 2. The lowest BCUT2D eigenvalue weighted by molar-refractivity contribution is -0.126. The summed E-state index contributed by atoms with van der Waals surface area (Å²) in [5.41, 5.74) is 8.87. The predicted octanol–water partition coefficient (Wildman–Crippen LogP) is 3.48. The van der Waals surface area contributed by atoms with Crippen LogP contribution in [0.3, 0.4) is 0 Å². The van der Waals surface area contributed by atoms with Crippen LogP contribution in [-0.2, 0) is 11.3 Å². The number of aliphatic hydroxyl groups is 1. The molecule has 3 atom stereocenters. The number of carbonyl (C=O) groups excluding carboxylic acids is 1. The van der Waals surface area contributed by atoms with Gasteiger partial charge in [0.25, 0.3) is 0 Å². The van der Waals surface area contributed by atoms with Gasteiger partial charge in [-0.15, -0.1) is 0 Å². The van der Waals surface area contributed by atoms with E-state index in [0.29, 0.717) is 36.4 Å². The van der Waals surface area contributed by atoms with Crippen molar-refractivity contribution < 1.29 is 19.0 Å². The second-order valence-electron chi connectivity index (χ2n) is 8.08. The summed E-state index contributed by atoms with van der Waals surface area (Å²) >= 11 is 1.69. The summed E-state index contributed by atoms with van der Waals surface area (Å²) in [6.45, 7) is 5.45. The van der Waals surface area contributed by atoms with Crippen LogP contribution in [0.5, 0.6) is 5.75 Å². The molecule has 2 heterocycles. The number of ketones is 1. The van der Waals surface area contributed by atoms with E-state index in [1.807, 2.05) is 31.9 Å². The molecule has 3 unspecified atom stereocenters. The molecule has 9 heteroatoms. The summed E-state index contributed by atoms with van der Waals surface area (Å²) in [5, 5.41) is 9.30. The largest absolute Gasteiger partial charge is 0.488 e. The van der Waals surface area contributed by atoms with Crippen molar-refractivity contribution in [1.29, 1.82) is 0 Å². The first-order valence-corrected chi connectivity index (χ1v) is 11.7. The Bertz CT molecular complexity index is 896. The molecule has 0 saturated carbocycles. The highest BCUT2D eigenvalue weighted by molar-refractivity contribution is 14.1. The molecule has 1 aliphatic rings. The summed E-state index contributed by atoms with van der Waals surface area (Å²) in [7, 11) is 1.83. The summed E-state index contributed by atoms with van der Waals surface area (Å²) in [4.78, 5) is 23.8. The molecule has 0 radical (unpaired) electrons. The van der Waals surface area contributed by atoms with E-state index in [-0.39, 0.29) is 24.9 Å². The normalized spacial score (nSPS) is 19.3. The van der Waals surface area contributed by atoms with Crippen LogP contribution in [0.25, 0.3) is 0 Å². The first-order chi connectivity index (χ1) is 15.1. The van der Waals surface area contributed by atoms with Gasteiger partial charge in [0.2, 0.25) is 0 Å². The van der Waals surface area contributed by atoms with Crippen molar-refractivity contribution in [2.24, 2.45) is 16.6 Å². The van der Waals surface area contributed by atoms with E-state index < -0.39 is 9.72 Å². The molecule has 1 aromatic rings. The minimum absolute atomic E-state index is 0.0170. The lowest BCUT2D eigenvalue weighted by Gasteiger charge is -2.32. The number of hydrogen-bond donors (Lipinski definition) is 2. The van der Waals surface area contributed by atoms with Gasteiger partial charge in [-0.1, -0.05) is 6.92 Å². The number of hydrogen-bond acceptors (Lipinski definition) is 7. The molecule has 0 saturated heterocycles. The molecule has 1 aliphatic heterocycles. The summed E-state index contributed by atoms with van der Waals surface area (Å²) < 4.78 is 17.7. The van der Waals surface area contributed by atoms with Gasteiger partial charge in [0.05, 0.1) is 18.4 Å². The van der Waals surface area contributed by atoms with Crippen LogP contribution in [0.15, 0.2) is 40.8 Å². The standard InChI is InChI=1S/C23H32FIN4O3/c1-5-16(7-9-30)22(31)21-18(19(26)6-8-29(21)4)12-27-11-17-10-15(2)20(13-28-17)32-14-23(3,24)25/h6,8,10,12-13,16,21,30H,5,7,9,11,14,26H2,1-4H3. The number of aliphatic imine (C=N–C) groups is 1. The number of ether oxygens (including phenoxy) is 1. The van der Waals surface area contributed by atoms with Crippen molar-refractivity contribution in [3.05, 3.63) is 47.1 Å². The Hall–Kier alpha value is -2.01. The molecule has 176 valence electrons. The smallest absolute Gasteiger partial charge is 0.192 e. The van der Waals surface area contributed by atoms with Crippen LogP contribution >= 0.6 is 22.6 Å². The van der Waals surface area contributed by atoms with Gasteiger partial charge in [0, 0.05) is 43.3 Å². The Morgan fingerprint density at radius 1 is 1.56 bits per heavy atom. The van der Waals surface area contributed by atoms with Gasteiger partial charge in [-0.05, 0) is 67.0 Å². The van der Waals surface area contributed by atoms with Crippen molar-refractivity contribution in [2.45, 2.75) is 49.9 Å². The van der Waals surface area contributed by atoms with Gasteiger partial charge in [0.15, 0.2) is 9.46 Å². The maximum atomic E-state index is 13.7. The van der Waals surface area contributed by atoms with Crippen LogP contribution in [0.2, 0.25) is 0 Å². The Morgan fingerprint density at radius 2 is 2.28 bits per heavy atom. The van der Waals surface area contributed by atoms with Crippen molar-refractivity contribution in [2.75, 3.05) is 20.3 Å². The van der Waals surface area contributed by atoms with Crippen molar-refractivity contribution in [3.8, 4) is 5.75 Å². The van der Waals surface area contributed by atoms with Crippen molar-refractivity contribution in [3.63, 3.8) is 0 Å². The number of aryl methyl sites for hydroxylation is 1. The molecule has 0 aliphatic carbocycles. The lowest BCUT2D eigenvalue weighted by atomic mass is 9.87. The van der Waals surface area contributed by atoms with E-state index in [9.17, 15) is 14.3 Å². The fourth-order valence-corrected chi connectivity index (χ4v) is 3.62. The third-order valence-corrected chi connectivity index (χ3v) is 5.56. The van der Waals surface area contributed by atoms with E-state index in [4.69, 9.17) is 10.5 Å². The number of halogens is 2. The number of pyridine rings is 1. The van der Waals surface area contributed by atoms with Crippen molar-refractivity contribution in [1.82, 2.24) is 9.88 Å². The molecule has 2 rings (SSSR count). The maximum Gasteiger partial charge on any atom is 0.192 e. The average Bonchev–Trinajstić information content (AvgIpc) is 2.72. The number of nitrogens with zero attached hydrogens (tertiary/aromatic N) is 3. The van der Waals surface area contributed by atoms with Crippen LogP contribution in [0.1, 0.15) is 37.9 Å².